The van der Waals surface area contributed by atoms with Gasteiger partial charge in [0, 0.05) is 0 Å². The molecule has 0 saturated carbocycles. The number of rotatable bonds is 2. The predicted molar refractivity (Wildman–Crippen MR) is 52.2 cm³/mol. The number of thiocarbonyl (C=S) groups is 1. The zero-order valence-corrected chi connectivity index (χ0v) is 8.18. The fourth-order valence-electron chi connectivity index (χ4n) is 1.04. The largest absolute Gasteiger partial charge is 0.302 e. The van der Waals surface area contributed by atoms with Crippen molar-refractivity contribution in [3.05, 3.63) is 12.2 Å². The van der Waals surface area contributed by atoms with Crippen LogP contribution in [0.4, 0.5) is 0 Å². The Balaban J connectivity index is 2.87. The molecule has 1 rings (SSSR count). The molecule has 0 radical (unpaired) electrons. The van der Waals surface area contributed by atoms with Crippen molar-refractivity contribution in [2.75, 3.05) is 0 Å². The molecule has 2 amide bonds. The van der Waals surface area contributed by atoms with E-state index < -0.39 is 23.5 Å². The average Bonchev–Trinajstić information content (AvgIpc) is 2.01. The molecule has 1 saturated heterocycles. The van der Waals surface area contributed by atoms with Gasteiger partial charge >= 0.3 is 0 Å². The van der Waals surface area contributed by atoms with Crippen LogP contribution in [-0.2, 0) is 14.4 Å². The number of hydrogen-bond acceptors (Lipinski definition) is 4. The summed E-state index contributed by atoms with van der Waals surface area (Å²) in [6.07, 6.45) is 2.65. The number of ketones is 1. The molecular weight excluding hydrogens is 204 g/mol. The second-order valence-corrected chi connectivity index (χ2v) is 3.05. The molecule has 0 atom stereocenters. The smallest absolute Gasteiger partial charge is 0.246 e. The summed E-state index contributed by atoms with van der Waals surface area (Å²) in [7, 11) is 0. The van der Waals surface area contributed by atoms with Crippen LogP contribution in [0.3, 0.4) is 0 Å². The van der Waals surface area contributed by atoms with Crippen molar-refractivity contribution in [1.82, 2.24) is 10.6 Å². The molecule has 0 aromatic heterocycles. The number of carbonyl (C=O) groups is 3. The van der Waals surface area contributed by atoms with E-state index in [4.69, 9.17) is 0 Å². The lowest BCUT2D eigenvalue weighted by molar-refractivity contribution is -0.140. The van der Waals surface area contributed by atoms with Gasteiger partial charge in [0.1, 0.15) is 0 Å². The molecule has 5 nitrogen and oxygen atoms in total. The lowest BCUT2D eigenvalue weighted by Gasteiger charge is -2.20. The van der Waals surface area contributed by atoms with E-state index in [0.29, 0.717) is 0 Å². The van der Waals surface area contributed by atoms with Crippen molar-refractivity contribution >= 4 is 34.9 Å². The molecule has 0 unspecified atom stereocenters. The van der Waals surface area contributed by atoms with Gasteiger partial charge < -0.3 is 10.6 Å². The van der Waals surface area contributed by atoms with E-state index in [2.05, 4.69) is 22.9 Å². The molecular formula is C8H8N2O3S. The first kappa shape index (κ1) is 10.5. The van der Waals surface area contributed by atoms with Crippen LogP contribution in [-0.4, -0.2) is 22.7 Å². The van der Waals surface area contributed by atoms with Crippen molar-refractivity contribution in [3.63, 3.8) is 0 Å². The van der Waals surface area contributed by atoms with Crippen LogP contribution >= 0.6 is 12.2 Å². The summed E-state index contributed by atoms with van der Waals surface area (Å²) in [5.74, 6) is -3.23. The highest BCUT2D eigenvalue weighted by Gasteiger charge is 2.36. The Kier molecular flexibility index (Phi) is 3.08. The van der Waals surface area contributed by atoms with Crippen LogP contribution in [0.2, 0.25) is 0 Å². The maximum Gasteiger partial charge on any atom is 0.246 e. The van der Waals surface area contributed by atoms with Gasteiger partial charge in [0.15, 0.2) is 16.8 Å². The van der Waals surface area contributed by atoms with E-state index in [9.17, 15) is 14.4 Å². The molecule has 2 N–H and O–H groups in total. The molecule has 1 aliphatic rings. The van der Waals surface area contributed by atoms with Gasteiger partial charge in [-0.2, -0.15) is 0 Å². The van der Waals surface area contributed by atoms with Gasteiger partial charge in [-0.1, -0.05) is 6.08 Å². The van der Waals surface area contributed by atoms with Crippen molar-refractivity contribution in [1.29, 1.82) is 0 Å². The van der Waals surface area contributed by atoms with Crippen molar-refractivity contribution in [2.45, 2.75) is 6.92 Å². The fourth-order valence-corrected chi connectivity index (χ4v) is 1.24. The molecule has 1 fully saturated rings. The van der Waals surface area contributed by atoms with Gasteiger partial charge in [-0.15, -0.1) is 0 Å². The van der Waals surface area contributed by atoms with Gasteiger partial charge in [0.2, 0.25) is 11.8 Å². The number of amides is 2. The zero-order chi connectivity index (χ0) is 10.7. The number of nitrogens with one attached hydrogen (secondary N) is 2. The second kappa shape index (κ2) is 4.10. The SMILES string of the molecule is C/C=C/C(=O)C1C(=O)NC(=S)NC1=O. The highest BCUT2D eigenvalue weighted by atomic mass is 32.1. The Hall–Kier alpha value is -1.56. The third kappa shape index (κ3) is 2.02. The maximum absolute atomic E-state index is 11.3. The first-order valence-corrected chi connectivity index (χ1v) is 4.29. The number of hydrogen-bond donors (Lipinski definition) is 2. The quantitative estimate of drug-likeness (QED) is 0.360. The van der Waals surface area contributed by atoms with Crippen molar-refractivity contribution in [2.24, 2.45) is 5.92 Å². The standard InChI is InChI=1S/C8H8N2O3S/c1-2-3-4(11)5-6(12)9-8(14)10-7(5)13/h2-3,5H,1H3,(H2,9,10,12,13,14)/b3-2+. The highest BCUT2D eigenvalue weighted by Crippen LogP contribution is 2.04. The minimum absolute atomic E-state index is 0.0653. The van der Waals surface area contributed by atoms with Gasteiger partial charge in [0.25, 0.3) is 0 Å². The Bertz CT molecular complexity index is 328. The molecule has 0 bridgehead atoms. The van der Waals surface area contributed by atoms with E-state index in [1.165, 1.54) is 12.2 Å². The van der Waals surface area contributed by atoms with Crippen molar-refractivity contribution < 1.29 is 14.4 Å². The highest BCUT2D eigenvalue weighted by molar-refractivity contribution is 7.80. The van der Waals surface area contributed by atoms with E-state index in [1.54, 1.807) is 6.92 Å². The normalized spacial score (nSPS) is 18.2. The summed E-state index contributed by atoms with van der Waals surface area (Å²) in [4.78, 5) is 33.7. The van der Waals surface area contributed by atoms with E-state index >= 15 is 0 Å². The van der Waals surface area contributed by atoms with Gasteiger partial charge in [-0.05, 0) is 25.2 Å². The number of allylic oxidation sites excluding steroid dienone is 2. The summed E-state index contributed by atoms with van der Waals surface area (Å²) in [5.41, 5.74) is 0. The fraction of sp³-hybridized carbons (Fsp3) is 0.250. The van der Waals surface area contributed by atoms with Gasteiger partial charge in [-0.25, -0.2) is 0 Å². The van der Waals surface area contributed by atoms with Crippen LogP contribution in [0, 0.1) is 5.92 Å². The van der Waals surface area contributed by atoms with Crippen LogP contribution in [0.5, 0.6) is 0 Å². The molecule has 6 heteroatoms. The Morgan fingerprint density at radius 2 is 1.86 bits per heavy atom. The minimum Gasteiger partial charge on any atom is -0.302 e. The summed E-state index contributed by atoms with van der Waals surface area (Å²) < 4.78 is 0. The summed E-state index contributed by atoms with van der Waals surface area (Å²) in [6, 6.07) is 0. The lowest BCUT2D eigenvalue weighted by Crippen LogP contribution is -2.57. The van der Waals surface area contributed by atoms with Crippen molar-refractivity contribution in [3.8, 4) is 0 Å². The van der Waals surface area contributed by atoms with Crippen LogP contribution in [0.25, 0.3) is 0 Å². The first-order chi connectivity index (χ1) is 6.56. The molecule has 14 heavy (non-hydrogen) atoms. The Morgan fingerprint density at radius 1 is 1.36 bits per heavy atom. The molecule has 0 spiro atoms. The monoisotopic (exact) mass is 212 g/mol. The Morgan fingerprint density at radius 3 is 2.29 bits per heavy atom. The zero-order valence-electron chi connectivity index (χ0n) is 7.37. The molecule has 0 aromatic carbocycles. The van der Waals surface area contributed by atoms with Gasteiger partial charge in [-0.3, -0.25) is 14.4 Å². The van der Waals surface area contributed by atoms with Crippen LogP contribution in [0.15, 0.2) is 12.2 Å². The molecule has 1 aliphatic heterocycles. The third-order valence-corrected chi connectivity index (χ3v) is 1.82. The third-order valence-electron chi connectivity index (χ3n) is 1.61. The summed E-state index contributed by atoms with van der Waals surface area (Å²) in [5, 5.41) is 4.34. The van der Waals surface area contributed by atoms with Gasteiger partial charge in [0.05, 0.1) is 0 Å². The lowest BCUT2D eigenvalue weighted by atomic mass is 10.0. The summed E-state index contributed by atoms with van der Waals surface area (Å²) in [6.45, 7) is 1.63. The molecule has 74 valence electrons. The summed E-state index contributed by atoms with van der Waals surface area (Å²) >= 11 is 4.57. The van der Waals surface area contributed by atoms with Crippen LogP contribution in [0.1, 0.15) is 6.92 Å². The van der Waals surface area contributed by atoms with E-state index in [1.807, 2.05) is 0 Å². The van der Waals surface area contributed by atoms with Crippen LogP contribution < -0.4 is 10.6 Å². The molecule has 0 aromatic rings. The average molecular weight is 212 g/mol. The Labute approximate surface area is 85.5 Å². The topological polar surface area (TPSA) is 75.3 Å². The van der Waals surface area contributed by atoms with E-state index in [-0.39, 0.29) is 5.11 Å². The molecule has 0 aliphatic carbocycles. The van der Waals surface area contributed by atoms with E-state index in [0.717, 1.165) is 0 Å². The maximum atomic E-state index is 11.3. The molecule has 1 heterocycles. The second-order valence-electron chi connectivity index (χ2n) is 2.64. The number of carbonyl (C=O) groups excluding carboxylic acids is 3. The predicted octanol–water partition coefficient (Wildman–Crippen LogP) is -0.721. The minimum atomic E-state index is -1.32. The first-order valence-electron chi connectivity index (χ1n) is 3.88.